The molecule has 3 rings (SSSR count). The van der Waals surface area contributed by atoms with Crippen LogP contribution in [0.1, 0.15) is 12.0 Å². The van der Waals surface area contributed by atoms with Gasteiger partial charge in [-0.25, -0.2) is 9.78 Å². The van der Waals surface area contributed by atoms with Gasteiger partial charge in [0.25, 0.3) is 0 Å². The normalized spacial score (nSPS) is 14.7. The molecule has 0 bridgehead atoms. The Morgan fingerprint density at radius 3 is 2.80 bits per heavy atom. The van der Waals surface area contributed by atoms with E-state index < -0.39 is 0 Å². The molecule has 0 aliphatic carbocycles. The fourth-order valence-electron chi connectivity index (χ4n) is 2.13. The van der Waals surface area contributed by atoms with Crippen LogP contribution in [0.2, 0.25) is 0 Å². The summed E-state index contributed by atoms with van der Waals surface area (Å²) in [5.74, 6) is 0. The lowest BCUT2D eigenvalue weighted by Crippen LogP contribution is -2.21. The van der Waals surface area contributed by atoms with Crippen molar-refractivity contribution in [1.29, 1.82) is 0 Å². The van der Waals surface area contributed by atoms with Crippen molar-refractivity contribution in [3.8, 4) is 0 Å². The number of carbonyl (C=O) groups is 1. The van der Waals surface area contributed by atoms with E-state index >= 15 is 0 Å². The predicted octanol–water partition coefficient (Wildman–Crippen LogP) is 1.73. The number of anilines is 1. The summed E-state index contributed by atoms with van der Waals surface area (Å²) < 4.78 is 1.15. The monoisotopic (exact) mass is 269 g/mol. The summed E-state index contributed by atoms with van der Waals surface area (Å²) in [5, 5.41) is 9.88. The van der Waals surface area contributed by atoms with Gasteiger partial charge in [0, 0.05) is 12.2 Å². The molecular formula is C14H15N5O. The fraction of sp³-hybridized carbons (Fsp3) is 0.214. The van der Waals surface area contributed by atoms with Gasteiger partial charge >= 0.3 is 6.03 Å². The van der Waals surface area contributed by atoms with Gasteiger partial charge in [0.15, 0.2) is 0 Å². The SMILES string of the molecule is O=C(Nc1ccc(C2=CCCNC2)cc1)n1cncn1. The average molecular weight is 269 g/mol. The molecule has 1 amide bonds. The van der Waals surface area contributed by atoms with E-state index in [1.54, 1.807) is 0 Å². The lowest BCUT2D eigenvalue weighted by molar-refractivity contribution is 0.251. The number of benzene rings is 1. The quantitative estimate of drug-likeness (QED) is 0.871. The summed E-state index contributed by atoms with van der Waals surface area (Å²) in [7, 11) is 0. The second-order valence-corrected chi connectivity index (χ2v) is 4.54. The lowest BCUT2D eigenvalue weighted by atomic mass is 10.0. The Hall–Kier alpha value is -2.47. The van der Waals surface area contributed by atoms with Crippen LogP contribution in [-0.2, 0) is 0 Å². The lowest BCUT2D eigenvalue weighted by Gasteiger charge is -2.14. The molecule has 2 aromatic rings. The summed E-state index contributed by atoms with van der Waals surface area (Å²) in [6, 6.07) is 7.47. The van der Waals surface area contributed by atoms with Gasteiger partial charge in [0.2, 0.25) is 0 Å². The molecule has 0 saturated heterocycles. The van der Waals surface area contributed by atoms with Crippen molar-refractivity contribution in [2.45, 2.75) is 6.42 Å². The molecule has 6 heteroatoms. The molecule has 1 aliphatic heterocycles. The highest BCUT2D eigenvalue weighted by Crippen LogP contribution is 2.19. The Labute approximate surface area is 116 Å². The molecule has 102 valence electrons. The zero-order valence-electron chi connectivity index (χ0n) is 10.9. The van der Waals surface area contributed by atoms with Crippen molar-refractivity contribution in [1.82, 2.24) is 20.1 Å². The van der Waals surface area contributed by atoms with E-state index in [0.29, 0.717) is 0 Å². The van der Waals surface area contributed by atoms with E-state index in [0.717, 1.165) is 29.9 Å². The zero-order valence-corrected chi connectivity index (χ0v) is 10.9. The third-order valence-electron chi connectivity index (χ3n) is 3.16. The first-order valence-corrected chi connectivity index (χ1v) is 6.49. The number of rotatable bonds is 2. The Morgan fingerprint density at radius 1 is 1.30 bits per heavy atom. The van der Waals surface area contributed by atoms with E-state index in [2.05, 4.69) is 26.8 Å². The molecule has 2 heterocycles. The minimum absolute atomic E-state index is 0.325. The van der Waals surface area contributed by atoms with Crippen LogP contribution in [-0.4, -0.2) is 33.9 Å². The minimum atomic E-state index is -0.325. The standard InChI is InChI=1S/C14H15N5O/c20-14(19-10-16-9-17-19)18-13-5-3-11(4-6-13)12-2-1-7-15-8-12/h2-6,9-10,15H,1,7-8H2,(H,18,20). The Kier molecular flexibility index (Phi) is 3.56. The van der Waals surface area contributed by atoms with Crippen molar-refractivity contribution in [2.75, 3.05) is 18.4 Å². The van der Waals surface area contributed by atoms with Crippen LogP contribution in [0, 0.1) is 0 Å². The topological polar surface area (TPSA) is 71.8 Å². The predicted molar refractivity (Wildman–Crippen MR) is 76.3 cm³/mol. The number of aromatic nitrogens is 3. The van der Waals surface area contributed by atoms with Gasteiger partial charge in [-0.05, 0) is 36.2 Å². The number of hydrogen-bond acceptors (Lipinski definition) is 4. The maximum Gasteiger partial charge on any atom is 0.348 e. The van der Waals surface area contributed by atoms with Gasteiger partial charge in [0.05, 0.1) is 0 Å². The molecule has 0 unspecified atom stereocenters. The smallest absolute Gasteiger partial charge is 0.312 e. The Bertz CT molecular complexity index is 616. The Balaban J connectivity index is 1.70. The maximum atomic E-state index is 11.8. The van der Waals surface area contributed by atoms with Crippen LogP contribution in [0.25, 0.3) is 5.57 Å². The molecule has 0 saturated carbocycles. The van der Waals surface area contributed by atoms with E-state index in [1.807, 2.05) is 24.3 Å². The molecule has 20 heavy (non-hydrogen) atoms. The molecule has 1 aromatic carbocycles. The zero-order chi connectivity index (χ0) is 13.8. The first kappa shape index (κ1) is 12.6. The highest BCUT2D eigenvalue weighted by Gasteiger charge is 2.07. The van der Waals surface area contributed by atoms with Gasteiger partial charge in [0.1, 0.15) is 12.7 Å². The second-order valence-electron chi connectivity index (χ2n) is 4.54. The van der Waals surface area contributed by atoms with Crippen LogP contribution in [0.4, 0.5) is 10.5 Å². The van der Waals surface area contributed by atoms with Crippen LogP contribution < -0.4 is 10.6 Å². The highest BCUT2D eigenvalue weighted by molar-refractivity contribution is 5.90. The minimum Gasteiger partial charge on any atom is -0.312 e. The number of carbonyl (C=O) groups excluding carboxylic acids is 1. The third kappa shape index (κ3) is 2.75. The van der Waals surface area contributed by atoms with Crippen molar-refractivity contribution in [3.05, 3.63) is 48.6 Å². The van der Waals surface area contributed by atoms with Crippen LogP contribution in [0.5, 0.6) is 0 Å². The second kappa shape index (κ2) is 5.66. The molecule has 0 spiro atoms. The number of nitrogens with zero attached hydrogens (tertiary/aromatic N) is 3. The highest BCUT2D eigenvalue weighted by atomic mass is 16.2. The summed E-state index contributed by atoms with van der Waals surface area (Å²) in [5.41, 5.74) is 3.21. The van der Waals surface area contributed by atoms with Gasteiger partial charge in [-0.1, -0.05) is 18.2 Å². The maximum absolute atomic E-state index is 11.8. The average Bonchev–Trinajstić information content (AvgIpc) is 3.03. The van der Waals surface area contributed by atoms with Crippen molar-refractivity contribution >= 4 is 17.3 Å². The molecular weight excluding hydrogens is 254 g/mol. The molecule has 0 fully saturated rings. The summed E-state index contributed by atoms with van der Waals surface area (Å²) >= 11 is 0. The van der Waals surface area contributed by atoms with Gasteiger partial charge in [-0.2, -0.15) is 9.78 Å². The van der Waals surface area contributed by atoms with Gasteiger partial charge in [-0.15, -0.1) is 0 Å². The first-order chi connectivity index (χ1) is 9.83. The molecule has 6 nitrogen and oxygen atoms in total. The van der Waals surface area contributed by atoms with E-state index in [1.165, 1.54) is 23.8 Å². The molecule has 1 aromatic heterocycles. The van der Waals surface area contributed by atoms with Crippen molar-refractivity contribution in [3.63, 3.8) is 0 Å². The van der Waals surface area contributed by atoms with Gasteiger partial charge in [-0.3, -0.25) is 0 Å². The molecule has 0 atom stereocenters. The Morgan fingerprint density at radius 2 is 2.15 bits per heavy atom. The van der Waals surface area contributed by atoms with E-state index in [4.69, 9.17) is 0 Å². The largest absolute Gasteiger partial charge is 0.348 e. The van der Waals surface area contributed by atoms with E-state index in [9.17, 15) is 4.79 Å². The first-order valence-electron chi connectivity index (χ1n) is 6.49. The molecule has 0 radical (unpaired) electrons. The summed E-state index contributed by atoms with van der Waals surface area (Å²) in [4.78, 5) is 15.5. The van der Waals surface area contributed by atoms with Crippen LogP contribution >= 0.6 is 0 Å². The number of hydrogen-bond donors (Lipinski definition) is 2. The number of nitrogens with one attached hydrogen (secondary N) is 2. The third-order valence-corrected chi connectivity index (χ3v) is 3.16. The summed E-state index contributed by atoms with van der Waals surface area (Å²) in [6.07, 6.45) is 5.99. The summed E-state index contributed by atoms with van der Waals surface area (Å²) in [6.45, 7) is 1.93. The van der Waals surface area contributed by atoms with E-state index in [-0.39, 0.29) is 6.03 Å². The van der Waals surface area contributed by atoms with Crippen molar-refractivity contribution in [2.24, 2.45) is 0 Å². The van der Waals surface area contributed by atoms with Crippen molar-refractivity contribution < 1.29 is 4.79 Å². The van der Waals surface area contributed by atoms with Gasteiger partial charge < -0.3 is 10.6 Å². The molecule has 2 N–H and O–H groups in total. The molecule has 1 aliphatic rings. The number of amides is 1. The van der Waals surface area contributed by atoms with Crippen LogP contribution in [0.3, 0.4) is 0 Å². The fourth-order valence-corrected chi connectivity index (χ4v) is 2.13. The van der Waals surface area contributed by atoms with Crippen LogP contribution in [0.15, 0.2) is 43.0 Å².